The summed E-state index contributed by atoms with van der Waals surface area (Å²) in [5.41, 5.74) is 5.67. The number of hydrogen-bond acceptors (Lipinski definition) is 2. The first-order valence-electron chi connectivity index (χ1n) is 3.89. The van der Waals surface area contributed by atoms with Gasteiger partial charge in [0.2, 0.25) is 5.96 Å². The molecule has 0 saturated heterocycles. The lowest BCUT2D eigenvalue weighted by Crippen LogP contribution is -2.44. The van der Waals surface area contributed by atoms with Crippen LogP contribution in [0.5, 0.6) is 0 Å². The van der Waals surface area contributed by atoms with Gasteiger partial charge in [-0.05, 0) is 12.1 Å². The van der Waals surface area contributed by atoms with Crippen LogP contribution in [0.15, 0.2) is 30.3 Å². The van der Waals surface area contributed by atoms with E-state index in [1.807, 2.05) is 0 Å². The summed E-state index contributed by atoms with van der Waals surface area (Å²) in [7, 11) is 0. The Labute approximate surface area is 96.7 Å². The number of urea groups is 1. The van der Waals surface area contributed by atoms with Crippen LogP contribution in [-0.4, -0.2) is 15.9 Å². The monoisotopic (exact) mass is 246 g/mol. The van der Waals surface area contributed by atoms with Crippen molar-refractivity contribution in [1.82, 2.24) is 3.94 Å². The molecule has 0 bridgehead atoms. The lowest BCUT2D eigenvalue weighted by molar-refractivity contribution is 0.245. The fourth-order valence-electron chi connectivity index (χ4n) is 1.01. The Morgan fingerprint density at radius 1 is 1.27 bits per heavy atom. The van der Waals surface area contributed by atoms with Gasteiger partial charge in [-0.3, -0.25) is 5.41 Å². The van der Waals surface area contributed by atoms with Crippen molar-refractivity contribution in [2.24, 2.45) is 5.73 Å². The van der Waals surface area contributed by atoms with E-state index < -0.39 is 12.0 Å². The Balaban J connectivity index is 3.05. The summed E-state index contributed by atoms with van der Waals surface area (Å²) in [5.74, 6) is -0.461. The van der Waals surface area contributed by atoms with Gasteiger partial charge in [0.05, 0.1) is 5.69 Å². The molecule has 0 fully saturated rings. The highest BCUT2D eigenvalue weighted by atomic mass is 35.5. The highest BCUT2D eigenvalue weighted by molar-refractivity contribution is 6.44. The maximum atomic E-state index is 11.5. The molecule has 0 aromatic heterocycles. The summed E-state index contributed by atoms with van der Waals surface area (Å²) in [4.78, 5) is 12.3. The molecule has 0 aliphatic rings. The molecule has 0 spiro atoms. The maximum absolute atomic E-state index is 11.5. The van der Waals surface area contributed by atoms with Crippen LogP contribution >= 0.6 is 23.6 Å². The van der Waals surface area contributed by atoms with E-state index in [-0.39, 0.29) is 0 Å². The number of carbonyl (C=O) groups is 1. The molecule has 1 aromatic carbocycles. The van der Waals surface area contributed by atoms with Crippen LogP contribution in [-0.2, 0) is 0 Å². The van der Waals surface area contributed by atoms with Crippen LogP contribution in [0.2, 0.25) is 0 Å². The van der Waals surface area contributed by atoms with Gasteiger partial charge in [0.15, 0.2) is 0 Å². The fraction of sp³-hybridized carbons (Fsp3) is 0. The van der Waals surface area contributed by atoms with Gasteiger partial charge in [0.1, 0.15) is 0 Å². The van der Waals surface area contributed by atoms with Crippen molar-refractivity contribution in [3.05, 3.63) is 30.3 Å². The Morgan fingerprint density at radius 2 is 1.80 bits per heavy atom. The first kappa shape index (κ1) is 11.6. The van der Waals surface area contributed by atoms with Gasteiger partial charge in [-0.25, -0.2) is 9.69 Å². The van der Waals surface area contributed by atoms with E-state index in [4.69, 9.17) is 34.7 Å². The number of rotatable bonds is 1. The zero-order valence-corrected chi connectivity index (χ0v) is 9.03. The predicted octanol–water partition coefficient (Wildman–Crippen LogP) is 2.12. The first-order valence-corrected chi connectivity index (χ1v) is 4.56. The summed E-state index contributed by atoms with van der Waals surface area (Å²) in [6.07, 6.45) is 0. The van der Waals surface area contributed by atoms with Gasteiger partial charge in [-0.2, -0.15) is 0 Å². The largest absolute Gasteiger partial charge is 0.369 e. The highest BCUT2D eigenvalue weighted by Gasteiger charge is 2.22. The molecule has 0 aliphatic heterocycles. The summed E-state index contributed by atoms with van der Waals surface area (Å²) < 4.78 is 0.314. The van der Waals surface area contributed by atoms with E-state index in [9.17, 15) is 4.79 Å². The second-order valence-corrected chi connectivity index (χ2v) is 3.42. The number of nitrogens with one attached hydrogen (secondary N) is 1. The van der Waals surface area contributed by atoms with Crippen LogP contribution in [0.1, 0.15) is 0 Å². The molecule has 0 unspecified atom stereocenters. The third-order valence-corrected chi connectivity index (χ3v) is 1.88. The number of hydrogen-bond donors (Lipinski definition) is 2. The van der Waals surface area contributed by atoms with Crippen LogP contribution in [0.4, 0.5) is 10.5 Å². The van der Waals surface area contributed by atoms with E-state index in [1.165, 1.54) is 0 Å². The van der Waals surface area contributed by atoms with Gasteiger partial charge >= 0.3 is 6.03 Å². The number of guanidine groups is 1. The smallest absolute Gasteiger partial charge is 0.361 e. The Bertz CT molecular complexity index is 368. The van der Waals surface area contributed by atoms with Gasteiger partial charge in [0, 0.05) is 23.6 Å². The first-order chi connectivity index (χ1) is 7.04. The SMILES string of the molecule is N=C(N)N(C(=O)N(Cl)Cl)c1ccccc1. The number of amides is 2. The zero-order valence-electron chi connectivity index (χ0n) is 7.52. The van der Waals surface area contributed by atoms with Crippen molar-refractivity contribution in [2.45, 2.75) is 0 Å². The number of para-hydroxylation sites is 1. The van der Waals surface area contributed by atoms with Crippen LogP contribution in [0, 0.1) is 5.41 Å². The van der Waals surface area contributed by atoms with Crippen molar-refractivity contribution in [3.63, 3.8) is 0 Å². The Morgan fingerprint density at radius 3 is 2.20 bits per heavy atom. The van der Waals surface area contributed by atoms with Crippen LogP contribution < -0.4 is 10.6 Å². The highest BCUT2D eigenvalue weighted by Crippen LogP contribution is 2.16. The van der Waals surface area contributed by atoms with E-state index in [0.29, 0.717) is 9.63 Å². The van der Waals surface area contributed by atoms with Crippen molar-refractivity contribution in [3.8, 4) is 0 Å². The molecule has 0 saturated carbocycles. The second-order valence-electron chi connectivity index (χ2n) is 2.57. The third-order valence-electron chi connectivity index (χ3n) is 1.59. The molecule has 0 heterocycles. The Hall–Kier alpha value is -1.46. The average Bonchev–Trinajstić information content (AvgIpc) is 2.18. The van der Waals surface area contributed by atoms with Gasteiger partial charge in [0.25, 0.3) is 0 Å². The second kappa shape index (κ2) is 4.86. The lowest BCUT2D eigenvalue weighted by Gasteiger charge is -2.21. The summed E-state index contributed by atoms with van der Waals surface area (Å²) in [5, 5.41) is 7.25. The predicted molar refractivity (Wildman–Crippen MR) is 59.8 cm³/mol. The molecule has 3 N–H and O–H groups in total. The topological polar surface area (TPSA) is 73.4 Å². The average molecular weight is 247 g/mol. The fourth-order valence-corrected chi connectivity index (χ4v) is 1.16. The van der Waals surface area contributed by atoms with Gasteiger partial charge in [-0.15, -0.1) is 3.94 Å². The molecule has 0 atom stereocenters. The number of anilines is 1. The molecule has 0 radical (unpaired) electrons. The summed E-state index contributed by atoms with van der Waals surface area (Å²) in [6.45, 7) is 0. The van der Waals surface area contributed by atoms with Crippen LogP contribution in [0.3, 0.4) is 0 Å². The minimum absolute atomic E-state index is 0.314. The summed E-state index contributed by atoms with van der Waals surface area (Å²) in [6, 6.07) is 7.58. The molecule has 5 nitrogen and oxygen atoms in total. The van der Waals surface area contributed by atoms with Crippen LogP contribution in [0.25, 0.3) is 0 Å². The molecule has 80 valence electrons. The molecule has 2 amide bonds. The molecular formula is C8H8Cl2N4O. The van der Waals surface area contributed by atoms with E-state index >= 15 is 0 Å². The lowest BCUT2D eigenvalue weighted by atomic mass is 10.3. The summed E-state index contributed by atoms with van der Waals surface area (Å²) >= 11 is 10.5. The maximum Gasteiger partial charge on any atom is 0.361 e. The minimum atomic E-state index is -0.808. The molecular weight excluding hydrogens is 239 g/mol. The number of carbonyl (C=O) groups excluding carboxylic acids is 1. The number of nitrogens with zero attached hydrogens (tertiary/aromatic N) is 2. The number of nitrogens with two attached hydrogens (primary N) is 1. The van der Waals surface area contributed by atoms with Gasteiger partial charge < -0.3 is 5.73 Å². The molecule has 15 heavy (non-hydrogen) atoms. The standard InChI is InChI=1S/C8H8Cl2N4O/c9-14(10)8(15)13(7(11)12)6-4-2-1-3-5-6/h1-5H,(H3,11,12). The van der Waals surface area contributed by atoms with E-state index in [1.54, 1.807) is 30.3 Å². The molecule has 0 aliphatic carbocycles. The number of halogens is 2. The third kappa shape index (κ3) is 2.74. The van der Waals surface area contributed by atoms with E-state index in [0.717, 1.165) is 4.90 Å². The van der Waals surface area contributed by atoms with Crippen molar-refractivity contribution in [1.29, 1.82) is 5.41 Å². The normalized spacial score (nSPS) is 9.47. The van der Waals surface area contributed by atoms with Crippen molar-refractivity contribution >= 4 is 41.2 Å². The van der Waals surface area contributed by atoms with Crippen molar-refractivity contribution in [2.75, 3.05) is 4.90 Å². The number of benzene rings is 1. The Kier molecular flexibility index (Phi) is 3.76. The quantitative estimate of drug-likeness (QED) is 0.453. The van der Waals surface area contributed by atoms with Gasteiger partial charge in [-0.1, -0.05) is 18.2 Å². The molecule has 1 rings (SSSR count). The molecule has 7 heteroatoms. The molecule has 1 aromatic rings. The zero-order chi connectivity index (χ0) is 11.4. The minimum Gasteiger partial charge on any atom is -0.369 e. The van der Waals surface area contributed by atoms with Crippen molar-refractivity contribution < 1.29 is 4.79 Å². The van der Waals surface area contributed by atoms with E-state index in [2.05, 4.69) is 0 Å².